The number of piperidine rings is 1. The number of nitrogens with zero attached hydrogens (tertiary/aromatic N) is 4. The van der Waals surface area contributed by atoms with Gasteiger partial charge in [0, 0.05) is 30.6 Å². The van der Waals surface area contributed by atoms with Crippen molar-refractivity contribution in [3.8, 4) is 0 Å². The van der Waals surface area contributed by atoms with E-state index in [-0.39, 0.29) is 5.91 Å². The van der Waals surface area contributed by atoms with Gasteiger partial charge in [-0.15, -0.1) is 10.2 Å². The number of hydrogen-bond acceptors (Lipinski definition) is 3. The molecule has 0 bridgehead atoms. The number of hydrogen-bond donors (Lipinski definition) is 0. The number of benzene rings is 1. The quantitative estimate of drug-likeness (QED) is 0.871. The van der Waals surface area contributed by atoms with Crippen molar-refractivity contribution in [3.63, 3.8) is 0 Å². The summed E-state index contributed by atoms with van der Waals surface area (Å²) in [5.41, 5.74) is 3.10. The van der Waals surface area contributed by atoms with E-state index < -0.39 is 0 Å². The zero-order valence-electron chi connectivity index (χ0n) is 14.4. The van der Waals surface area contributed by atoms with E-state index in [0.717, 1.165) is 48.4 Å². The summed E-state index contributed by atoms with van der Waals surface area (Å²) < 4.78 is 2.26. The van der Waals surface area contributed by atoms with Gasteiger partial charge in [-0.3, -0.25) is 4.79 Å². The van der Waals surface area contributed by atoms with Gasteiger partial charge in [0.15, 0.2) is 0 Å². The van der Waals surface area contributed by atoms with Crippen molar-refractivity contribution in [1.29, 1.82) is 0 Å². The van der Waals surface area contributed by atoms with E-state index in [4.69, 9.17) is 0 Å². The van der Waals surface area contributed by atoms with Gasteiger partial charge in [0.1, 0.15) is 12.2 Å². The van der Waals surface area contributed by atoms with Gasteiger partial charge in [-0.25, -0.2) is 0 Å². The molecule has 5 nitrogen and oxygen atoms in total. The van der Waals surface area contributed by atoms with Gasteiger partial charge in [-0.1, -0.05) is 17.2 Å². The van der Waals surface area contributed by atoms with Crippen LogP contribution in [0.15, 0.2) is 24.5 Å². The molecular formula is C19H24N4O. The van der Waals surface area contributed by atoms with Crippen LogP contribution in [-0.4, -0.2) is 38.7 Å². The summed E-state index contributed by atoms with van der Waals surface area (Å²) in [6.07, 6.45) is 6.31. The topological polar surface area (TPSA) is 51.0 Å². The lowest BCUT2D eigenvalue weighted by Gasteiger charge is -2.33. The molecule has 0 N–H and O–H groups in total. The van der Waals surface area contributed by atoms with Crippen molar-refractivity contribution in [3.05, 3.63) is 47.0 Å². The second-order valence-electron chi connectivity index (χ2n) is 7.27. The van der Waals surface area contributed by atoms with Gasteiger partial charge in [0.2, 0.25) is 0 Å². The number of aryl methyl sites for hydroxylation is 2. The third-order valence-corrected chi connectivity index (χ3v) is 5.16. The second-order valence-corrected chi connectivity index (χ2v) is 7.27. The number of rotatable bonds is 3. The van der Waals surface area contributed by atoms with Crippen LogP contribution in [0, 0.1) is 13.8 Å². The maximum Gasteiger partial charge on any atom is 0.253 e. The maximum atomic E-state index is 12.8. The Labute approximate surface area is 142 Å². The van der Waals surface area contributed by atoms with Crippen molar-refractivity contribution < 1.29 is 4.79 Å². The first-order valence-electron chi connectivity index (χ1n) is 8.89. The number of carbonyl (C=O) groups is 1. The molecule has 5 heteroatoms. The fourth-order valence-electron chi connectivity index (χ4n) is 3.79. The van der Waals surface area contributed by atoms with E-state index in [1.54, 1.807) is 0 Å². The van der Waals surface area contributed by atoms with Crippen LogP contribution in [0.3, 0.4) is 0 Å². The van der Waals surface area contributed by atoms with E-state index in [2.05, 4.69) is 20.8 Å². The minimum atomic E-state index is 0.159. The largest absolute Gasteiger partial charge is 0.338 e. The summed E-state index contributed by atoms with van der Waals surface area (Å²) in [4.78, 5) is 14.8. The van der Waals surface area contributed by atoms with Crippen LogP contribution < -0.4 is 0 Å². The standard InChI is InChI=1S/C19H24N4O/c1-13-9-14(2)11-16(10-13)19(24)22-7-5-17(6-8-22)23-12-20-21-18(23)15-3-4-15/h9-12,15,17H,3-8H2,1-2H3. The summed E-state index contributed by atoms with van der Waals surface area (Å²) in [7, 11) is 0. The first-order chi connectivity index (χ1) is 11.6. The molecule has 0 spiro atoms. The summed E-state index contributed by atoms with van der Waals surface area (Å²) in [5.74, 6) is 1.92. The molecule has 0 unspecified atom stereocenters. The molecule has 1 saturated carbocycles. The van der Waals surface area contributed by atoms with Crippen molar-refractivity contribution in [2.75, 3.05) is 13.1 Å². The van der Waals surface area contributed by atoms with Crippen LogP contribution in [0.5, 0.6) is 0 Å². The Morgan fingerprint density at radius 1 is 1.04 bits per heavy atom. The molecule has 4 rings (SSSR count). The van der Waals surface area contributed by atoms with E-state index in [0.29, 0.717) is 12.0 Å². The van der Waals surface area contributed by atoms with Crippen molar-refractivity contribution in [1.82, 2.24) is 19.7 Å². The summed E-state index contributed by atoms with van der Waals surface area (Å²) in [6.45, 7) is 5.69. The Morgan fingerprint density at radius 3 is 2.33 bits per heavy atom. The third-order valence-electron chi connectivity index (χ3n) is 5.16. The van der Waals surface area contributed by atoms with Gasteiger partial charge in [-0.2, -0.15) is 0 Å². The monoisotopic (exact) mass is 324 g/mol. The normalized spacial score (nSPS) is 18.8. The summed E-state index contributed by atoms with van der Waals surface area (Å²) >= 11 is 0. The smallest absolute Gasteiger partial charge is 0.253 e. The lowest BCUT2D eigenvalue weighted by atomic mass is 10.0. The molecule has 1 aliphatic heterocycles. The second kappa shape index (κ2) is 6.04. The molecule has 2 heterocycles. The molecule has 2 aromatic rings. The molecule has 1 aliphatic carbocycles. The molecular weight excluding hydrogens is 300 g/mol. The van der Waals surface area contributed by atoms with E-state index in [9.17, 15) is 4.79 Å². The van der Waals surface area contributed by atoms with Crippen molar-refractivity contribution in [2.24, 2.45) is 0 Å². The highest BCUT2D eigenvalue weighted by Crippen LogP contribution is 2.40. The first kappa shape index (κ1) is 15.4. The first-order valence-corrected chi connectivity index (χ1v) is 8.89. The average molecular weight is 324 g/mol. The molecule has 1 amide bonds. The molecule has 2 aliphatic rings. The molecule has 1 aromatic heterocycles. The van der Waals surface area contributed by atoms with E-state index in [1.165, 1.54) is 12.8 Å². The number of carbonyl (C=O) groups excluding carboxylic acids is 1. The lowest BCUT2D eigenvalue weighted by molar-refractivity contribution is 0.0693. The Kier molecular flexibility index (Phi) is 3.87. The number of likely N-dealkylation sites (tertiary alicyclic amines) is 1. The van der Waals surface area contributed by atoms with Gasteiger partial charge < -0.3 is 9.47 Å². The molecule has 2 fully saturated rings. The molecule has 24 heavy (non-hydrogen) atoms. The van der Waals surface area contributed by atoms with Crippen LogP contribution in [0.1, 0.15) is 65.0 Å². The Hall–Kier alpha value is -2.17. The van der Waals surface area contributed by atoms with Gasteiger partial charge in [0.05, 0.1) is 0 Å². The van der Waals surface area contributed by atoms with Gasteiger partial charge in [-0.05, 0) is 51.7 Å². The van der Waals surface area contributed by atoms with Crippen molar-refractivity contribution in [2.45, 2.75) is 51.5 Å². The zero-order valence-corrected chi connectivity index (χ0v) is 14.4. The van der Waals surface area contributed by atoms with E-state index >= 15 is 0 Å². The highest BCUT2D eigenvalue weighted by atomic mass is 16.2. The number of amides is 1. The Balaban J connectivity index is 1.44. The van der Waals surface area contributed by atoms with Gasteiger partial charge in [0.25, 0.3) is 5.91 Å². The molecule has 1 aromatic carbocycles. The Morgan fingerprint density at radius 2 is 1.71 bits per heavy atom. The van der Waals surface area contributed by atoms with Crippen LogP contribution in [-0.2, 0) is 0 Å². The number of aromatic nitrogens is 3. The van der Waals surface area contributed by atoms with Crippen molar-refractivity contribution >= 4 is 5.91 Å². The fourth-order valence-corrected chi connectivity index (χ4v) is 3.79. The van der Waals surface area contributed by atoms with Gasteiger partial charge >= 0.3 is 0 Å². The maximum absolute atomic E-state index is 12.8. The molecule has 126 valence electrons. The van der Waals surface area contributed by atoms with Crippen LogP contribution >= 0.6 is 0 Å². The van der Waals surface area contributed by atoms with Crippen LogP contribution in [0.25, 0.3) is 0 Å². The third kappa shape index (κ3) is 2.95. The van der Waals surface area contributed by atoms with E-state index in [1.807, 2.05) is 37.2 Å². The van der Waals surface area contributed by atoms with Crippen LogP contribution in [0.2, 0.25) is 0 Å². The molecule has 1 saturated heterocycles. The SMILES string of the molecule is Cc1cc(C)cc(C(=O)N2CCC(n3cnnc3C3CC3)CC2)c1. The highest BCUT2D eigenvalue weighted by Gasteiger charge is 2.32. The minimum absolute atomic E-state index is 0.159. The fraction of sp³-hybridized carbons (Fsp3) is 0.526. The Bertz CT molecular complexity index is 734. The lowest BCUT2D eigenvalue weighted by Crippen LogP contribution is -2.39. The molecule has 0 radical (unpaired) electrons. The highest BCUT2D eigenvalue weighted by molar-refractivity contribution is 5.94. The minimum Gasteiger partial charge on any atom is -0.338 e. The summed E-state index contributed by atoms with van der Waals surface area (Å²) in [5, 5.41) is 8.42. The molecule has 0 atom stereocenters. The summed E-state index contributed by atoms with van der Waals surface area (Å²) in [6, 6.07) is 6.52. The predicted molar refractivity (Wildman–Crippen MR) is 92.1 cm³/mol. The average Bonchev–Trinajstić information content (AvgIpc) is 3.30. The zero-order chi connectivity index (χ0) is 16.7. The van der Waals surface area contributed by atoms with Crippen LogP contribution in [0.4, 0.5) is 0 Å². The predicted octanol–water partition coefficient (Wildman–Crippen LogP) is 3.25.